The first-order chi connectivity index (χ1) is 7.54. The standard InChI is InChI=1S/C11H18N2O2S/c1-4-10(8(2)3)12-6-9-5-11(13(14)15)16-7-9/h5,7-8,10,12H,4,6H2,1-3H3. The second kappa shape index (κ2) is 5.96. The van der Waals surface area contributed by atoms with Gasteiger partial charge in [0.25, 0.3) is 0 Å². The van der Waals surface area contributed by atoms with Crippen LogP contribution < -0.4 is 5.32 Å². The van der Waals surface area contributed by atoms with E-state index in [0.29, 0.717) is 18.5 Å². The van der Waals surface area contributed by atoms with Gasteiger partial charge in [0.2, 0.25) is 0 Å². The molecule has 0 radical (unpaired) electrons. The fourth-order valence-electron chi connectivity index (χ4n) is 1.65. The van der Waals surface area contributed by atoms with E-state index in [1.807, 2.05) is 5.38 Å². The SMILES string of the molecule is CCC(NCc1csc([N+](=O)[O-])c1)C(C)C. The third-order valence-electron chi connectivity index (χ3n) is 2.63. The Morgan fingerprint density at radius 3 is 2.69 bits per heavy atom. The van der Waals surface area contributed by atoms with Crippen molar-refractivity contribution in [2.75, 3.05) is 0 Å². The van der Waals surface area contributed by atoms with Gasteiger partial charge in [-0.25, -0.2) is 0 Å². The molecule has 1 aromatic rings. The third-order valence-corrected chi connectivity index (χ3v) is 3.56. The van der Waals surface area contributed by atoms with Crippen molar-refractivity contribution in [1.82, 2.24) is 5.32 Å². The van der Waals surface area contributed by atoms with Gasteiger partial charge in [-0.05, 0) is 17.9 Å². The van der Waals surface area contributed by atoms with Gasteiger partial charge >= 0.3 is 5.00 Å². The monoisotopic (exact) mass is 242 g/mol. The summed E-state index contributed by atoms with van der Waals surface area (Å²) in [6.45, 7) is 7.21. The van der Waals surface area contributed by atoms with E-state index in [0.717, 1.165) is 12.0 Å². The number of nitrogens with zero attached hydrogens (tertiary/aromatic N) is 1. The van der Waals surface area contributed by atoms with Crippen LogP contribution in [0.5, 0.6) is 0 Å². The van der Waals surface area contributed by atoms with Crippen molar-refractivity contribution in [1.29, 1.82) is 0 Å². The Bertz CT molecular complexity index is 350. The summed E-state index contributed by atoms with van der Waals surface area (Å²) < 4.78 is 0. The Kier molecular flexibility index (Phi) is 4.89. The smallest absolute Gasteiger partial charge is 0.310 e. The van der Waals surface area contributed by atoms with Crippen LogP contribution in [-0.2, 0) is 6.54 Å². The van der Waals surface area contributed by atoms with Crippen molar-refractivity contribution < 1.29 is 4.92 Å². The molecule has 0 fully saturated rings. The Balaban J connectivity index is 2.50. The van der Waals surface area contributed by atoms with Gasteiger partial charge < -0.3 is 5.32 Å². The summed E-state index contributed by atoms with van der Waals surface area (Å²) in [7, 11) is 0. The Morgan fingerprint density at radius 2 is 2.25 bits per heavy atom. The van der Waals surface area contributed by atoms with Gasteiger partial charge in [0.05, 0.1) is 4.92 Å². The maximum Gasteiger partial charge on any atom is 0.324 e. The molecule has 0 saturated heterocycles. The molecule has 5 heteroatoms. The van der Waals surface area contributed by atoms with Gasteiger partial charge in [0.15, 0.2) is 0 Å². The molecule has 0 aliphatic heterocycles. The molecule has 0 spiro atoms. The molecule has 0 amide bonds. The van der Waals surface area contributed by atoms with Crippen LogP contribution in [0.1, 0.15) is 32.8 Å². The Labute approximate surface area is 99.8 Å². The number of thiophene rings is 1. The van der Waals surface area contributed by atoms with Crippen LogP contribution in [0, 0.1) is 16.0 Å². The summed E-state index contributed by atoms with van der Waals surface area (Å²) in [5.41, 5.74) is 0.996. The molecule has 1 N–H and O–H groups in total. The van der Waals surface area contributed by atoms with Crippen molar-refractivity contribution in [3.63, 3.8) is 0 Å². The van der Waals surface area contributed by atoms with Crippen LogP contribution in [0.25, 0.3) is 0 Å². The molecule has 1 unspecified atom stereocenters. The Morgan fingerprint density at radius 1 is 1.56 bits per heavy atom. The quantitative estimate of drug-likeness (QED) is 0.615. The molecule has 1 heterocycles. The van der Waals surface area contributed by atoms with Gasteiger partial charge in [-0.15, -0.1) is 0 Å². The van der Waals surface area contributed by atoms with E-state index in [1.54, 1.807) is 6.07 Å². The molecule has 1 atom stereocenters. The highest BCUT2D eigenvalue weighted by Gasteiger charge is 2.12. The molecule has 0 aromatic carbocycles. The average Bonchev–Trinajstić information content (AvgIpc) is 2.67. The van der Waals surface area contributed by atoms with Gasteiger partial charge in [0.1, 0.15) is 0 Å². The van der Waals surface area contributed by atoms with E-state index >= 15 is 0 Å². The second-order valence-corrected chi connectivity index (χ2v) is 5.08. The van der Waals surface area contributed by atoms with E-state index in [4.69, 9.17) is 0 Å². The summed E-state index contributed by atoms with van der Waals surface area (Å²) in [6.07, 6.45) is 1.07. The lowest BCUT2D eigenvalue weighted by Gasteiger charge is -2.20. The van der Waals surface area contributed by atoms with E-state index in [9.17, 15) is 10.1 Å². The van der Waals surface area contributed by atoms with Crippen molar-refractivity contribution in [2.45, 2.75) is 39.8 Å². The maximum atomic E-state index is 10.5. The van der Waals surface area contributed by atoms with Crippen LogP contribution in [0.15, 0.2) is 11.4 Å². The minimum atomic E-state index is -0.339. The predicted octanol–water partition coefficient (Wildman–Crippen LogP) is 3.18. The molecule has 0 saturated carbocycles. The Hall–Kier alpha value is -0.940. The highest BCUT2D eigenvalue weighted by molar-refractivity contribution is 7.13. The molecular formula is C11H18N2O2S. The lowest BCUT2D eigenvalue weighted by atomic mass is 10.0. The number of nitro groups is 1. The fraction of sp³-hybridized carbons (Fsp3) is 0.636. The topological polar surface area (TPSA) is 55.2 Å². The molecule has 16 heavy (non-hydrogen) atoms. The second-order valence-electron chi connectivity index (χ2n) is 4.19. The van der Waals surface area contributed by atoms with E-state index < -0.39 is 0 Å². The molecule has 0 aliphatic carbocycles. The highest BCUT2D eigenvalue weighted by Crippen LogP contribution is 2.22. The number of hydrogen-bond acceptors (Lipinski definition) is 4. The van der Waals surface area contributed by atoms with E-state index in [-0.39, 0.29) is 9.92 Å². The molecule has 90 valence electrons. The summed E-state index contributed by atoms with van der Waals surface area (Å²) in [6, 6.07) is 2.11. The maximum absolute atomic E-state index is 10.5. The third kappa shape index (κ3) is 3.57. The molecule has 1 rings (SSSR count). The van der Waals surface area contributed by atoms with Gasteiger partial charge in [-0.3, -0.25) is 10.1 Å². The fourth-order valence-corrected chi connectivity index (χ4v) is 2.38. The van der Waals surface area contributed by atoms with Crippen LogP contribution in [0.4, 0.5) is 5.00 Å². The first-order valence-corrected chi connectivity index (χ1v) is 6.37. The summed E-state index contributed by atoms with van der Waals surface area (Å²) in [4.78, 5) is 10.2. The lowest BCUT2D eigenvalue weighted by Crippen LogP contribution is -2.32. The van der Waals surface area contributed by atoms with Crippen molar-refractivity contribution in [2.24, 2.45) is 5.92 Å². The largest absolute Gasteiger partial charge is 0.324 e. The zero-order valence-electron chi connectivity index (χ0n) is 9.90. The number of hydrogen-bond donors (Lipinski definition) is 1. The summed E-state index contributed by atoms with van der Waals surface area (Å²) >= 11 is 1.19. The zero-order chi connectivity index (χ0) is 12.1. The molecular weight excluding hydrogens is 224 g/mol. The number of rotatable bonds is 6. The molecule has 4 nitrogen and oxygen atoms in total. The molecule has 0 aliphatic rings. The van der Waals surface area contributed by atoms with Gasteiger partial charge in [-0.2, -0.15) is 0 Å². The van der Waals surface area contributed by atoms with Crippen LogP contribution in [0.2, 0.25) is 0 Å². The first kappa shape index (κ1) is 13.1. The molecule has 0 bridgehead atoms. The van der Waals surface area contributed by atoms with Crippen molar-refractivity contribution in [3.8, 4) is 0 Å². The predicted molar refractivity (Wildman–Crippen MR) is 66.7 cm³/mol. The first-order valence-electron chi connectivity index (χ1n) is 5.49. The van der Waals surface area contributed by atoms with Crippen LogP contribution >= 0.6 is 11.3 Å². The lowest BCUT2D eigenvalue weighted by molar-refractivity contribution is -0.380. The average molecular weight is 242 g/mol. The molecule has 1 aromatic heterocycles. The highest BCUT2D eigenvalue weighted by atomic mass is 32.1. The van der Waals surface area contributed by atoms with Crippen molar-refractivity contribution >= 4 is 16.3 Å². The van der Waals surface area contributed by atoms with Crippen LogP contribution in [0.3, 0.4) is 0 Å². The summed E-state index contributed by atoms with van der Waals surface area (Å²) in [5.74, 6) is 0.582. The van der Waals surface area contributed by atoms with E-state index in [1.165, 1.54) is 11.3 Å². The summed E-state index contributed by atoms with van der Waals surface area (Å²) in [5, 5.41) is 16.0. The minimum Gasteiger partial charge on any atom is -0.310 e. The zero-order valence-corrected chi connectivity index (χ0v) is 10.7. The van der Waals surface area contributed by atoms with Gasteiger partial charge in [-0.1, -0.05) is 32.1 Å². The van der Waals surface area contributed by atoms with Gasteiger partial charge in [0, 0.05) is 24.0 Å². The normalized spacial score (nSPS) is 13.0. The number of nitrogens with one attached hydrogen (secondary N) is 1. The van der Waals surface area contributed by atoms with Crippen LogP contribution in [-0.4, -0.2) is 11.0 Å². The van der Waals surface area contributed by atoms with E-state index in [2.05, 4.69) is 26.1 Å². The minimum absolute atomic E-state index is 0.217. The van der Waals surface area contributed by atoms with Crippen molar-refractivity contribution in [3.05, 3.63) is 27.1 Å².